The normalized spacial score (nSPS) is 12.6. The van der Waals surface area contributed by atoms with Crippen LogP contribution < -0.4 is 5.32 Å². The van der Waals surface area contributed by atoms with Crippen molar-refractivity contribution in [1.82, 2.24) is 20.5 Å². The summed E-state index contributed by atoms with van der Waals surface area (Å²) < 4.78 is 0. The van der Waals surface area contributed by atoms with Crippen LogP contribution in [0.1, 0.15) is 36.3 Å². The van der Waals surface area contributed by atoms with Crippen LogP contribution in [-0.4, -0.2) is 21.7 Å². The number of hydrogen-bond donors (Lipinski definition) is 2. The Kier molecular flexibility index (Phi) is 4.47. The highest BCUT2D eigenvalue weighted by molar-refractivity contribution is 5.14. The Morgan fingerprint density at radius 3 is 2.94 bits per heavy atom. The van der Waals surface area contributed by atoms with Crippen molar-refractivity contribution < 1.29 is 0 Å². The highest BCUT2D eigenvalue weighted by Crippen LogP contribution is 2.09. The van der Waals surface area contributed by atoms with E-state index >= 15 is 0 Å². The summed E-state index contributed by atoms with van der Waals surface area (Å²) in [7, 11) is 0. The van der Waals surface area contributed by atoms with Crippen molar-refractivity contribution in [2.24, 2.45) is 0 Å². The van der Waals surface area contributed by atoms with Crippen LogP contribution >= 0.6 is 0 Å². The fourth-order valence-corrected chi connectivity index (χ4v) is 1.96. The molecule has 2 aromatic rings. The molecule has 0 amide bonds. The Morgan fingerprint density at radius 2 is 2.28 bits per heavy atom. The van der Waals surface area contributed by atoms with E-state index in [1.807, 2.05) is 24.5 Å². The second kappa shape index (κ2) is 6.31. The maximum Gasteiger partial charge on any atom is 0.0570 e. The lowest BCUT2D eigenvalue weighted by atomic mass is 10.1. The third-order valence-corrected chi connectivity index (χ3v) is 3.14. The van der Waals surface area contributed by atoms with Gasteiger partial charge in [-0.25, -0.2) is 0 Å². The minimum absolute atomic E-state index is 0.302. The maximum atomic E-state index is 4.34. The first kappa shape index (κ1) is 12.8. The predicted molar refractivity (Wildman–Crippen MR) is 72.3 cm³/mol. The molecule has 2 rings (SSSR count). The van der Waals surface area contributed by atoms with Gasteiger partial charge in [-0.05, 0) is 50.9 Å². The van der Waals surface area contributed by atoms with Crippen molar-refractivity contribution in [1.29, 1.82) is 0 Å². The Bertz CT molecular complexity index is 464. The molecule has 0 aliphatic rings. The first-order chi connectivity index (χ1) is 8.77. The van der Waals surface area contributed by atoms with Crippen molar-refractivity contribution in [3.05, 3.63) is 47.5 Å². The average Bonchev–Trinajstić information content (AvgIpc) is 2.81. The third-order valence-electron chi connectivity index (χ3n) is 3.14. The third kappa shape index (κ3) is 3.40. The van der Waals surface area contributed by atoms with Gasteiger partial charge in [0.05, 0.1) is 11.9 Å². The van der Waals surface area contributed by atoms with Crippen LogP contribution in [0.15, 0.2) is 30.6 Å². The SMILES string of the molecule is Cc1[nH]ncc1CCCNC(C)c1ccccn1. The number of aromatic amines is 1. The second-order valence-corrected chi connectivity index (χ2v) is 4.55. The van der Waals surface area contributed by atoms with Crippen molar-refractivity contribution in [3.8, 4) is 0 Å². The van der Waals surface area contributed by atoms with Gasteiger partial charge in [0, 0.05) is 17.9 Å². The molecule has 2 aromatic heterocycles. The van der Waals surface area contributed by atoms with Crippen LogP contribution in [0.4, 0.5) is 0 Å². The number of pyridine rings is 1. The number of hydrogen-bond acceptors (Lipinski definition) is 3. The molecule has 0 fully saturated rings. The molecule has 2 heterocycles. The van der Waals surface area contributed by atoms with Gasteiger partial charge in [0.1, 0.15) is 0 Å². The summed E-state index contributed by atoms with van der Waals surface area (Å²) in [6.07, 6.45) is 5.92. The molecule has 4 heteroatoms. The molecule has 0 aliphatic heterocycles. The predicted octanol–water partition coefficient (Wildman–Crippen LogP) is 2.40. The summed E-state index contributed by atoms with van der Waals surface area (Å²) in [6, 6.07) is 6.32. The molecule has 4 nitrogen and oxygen atoms in total. The molecule has 1 atom stereocenters. The van der Waals surface area contributed by atoms with Gasteiger partial charge < -0.3 is 5.32 Å². The lowest BCUT2D eigenvalue weighted by molar-refractivity contribution is 0.547. The molecule has 96 valence electrons. The molecule has 2 N–H and O–H groups in total. The van der Waals surface area contributed by atoms with Crippen LogP contribution in [0.5, 0.6) is 0 Å². The summed E-state index contributed by atoms with van der Waals surface area (Å²) in [5.41, 5.74) is 3.58. The number of H-pyrrole nitrogens is 1. The van der Waals surface area contributed by atoms with Crippen LogP contribution in [0.3, 0.4) is 0 Å². The van der Waals surface area contributed by atoms with Crippen molar-refractivity contribution in [3.63, 3.8) is 0 Å². The Labute approximate surface area is 108 Å². The molecule has 0 aliphatic carbocycles. The fraction of sp³-hybridized carbons (Fsp3) is 0.429. The Balaban J connectivity index is 1.71. The molecule has 0 spiro atoms. The number of aromatic nitrogens is 3. The second-order valence-electron chi connectivity index (χ2n) is 4.55. The van der Waals surface area contributed by atoms with Crippen LogP contribution in [0.25, 0.3) is 0 Å². The van der Waals surface area contributed by atoms with E-state index in [0.717, 1.165) is 25.1 Å². The highest BCUT2D eigenvalue weighted by Gasteiger charge is 2.05. The number of nitrogens with zero attached hydrogens (tertiary/aromatic N) is 2. The van der Waals surface area contributed by atoms with E-state index < -0.39 is 0 Å². The zero-order valence-electron chi connectivity index (χ0n) is 11.0. The molecule has 18 heavy (non-hydrogen) atoms. The van der Waals surface area contributed by atoms with Crippen molar-refractivity contribution >= 4 is 0 Å². The van der Waals surface area contributed by atoms with E-state index in [4.69, 9.17) is 0 Å². The Morgan fingerprint density at radius 1 is 1.39 bits per heavy atom. The quantitative estimate of drug-likeness (QED) is 0.767. The average molecular weight is 244 g/mol. The van der Waals surface area contributed by atoms with E-state index in [1.54, 1.807) is 0 Å². The summed E-state index contributed by atoms with van der Waals surface area (Å²) in [6.45, 7) is 5.19. The van der Waals surface area contributed by atoms with Crippen LogP contribution in [-0.2, 0) is 6.42 Å². The summed E-state index contributed by atoms with van der Waals surface area (Å²) in [4.78, 5) is 4.34. The van der Waals surface area contributed by atoms with Gasteiger partial charge in [-0.2, -0.15) is 5.10 Å². The number of aryl methyl sites for hydroxylation is 2. The summed E-state index contributed by atoms with van der Waals surface area (Å²) >= 11 is 0. The number of nitrogens with one attached hydrogen (secondary N) is 2. The van der Waals surface area contributed by atoms with Crippen molar-refractivity contribution in [2.75, 3.05) is 6.54 Å². The smallest absolute Gasteiger partial charge is 0.0570 e. The van der Waals surface area contributed by atoms with E-state index in [-0.39, 0.29) is 0 Å². The molecular weight excluding hydrogens is 224 g/mol. The van der Waals surface area contributed by atoms with Gasteiger partial charge in [-0.3, -0.25) is 10.1 Å². The largest absolute Gasteiger partial charge is 0.309 e. The standard InChI is InChI=1S/C14H20N4/c1-11-13(10-17-18-11)6-5-9-15-12(2)14-7-3-4-8-16-14/h3-4,7-8,10,12,15H,5-6,9H2,1-2H3,(H,17,18). The van der Waals surface area contributed by atoms with E-state index in [9.17, 15) is 0 Å². The molecule has 1 unspecified atom stereocenters. The van der Waals surface area contributed by atoms with E-state index in [1.165, 1.54) is 11.3 Å². The summed E-state index contributed by atoms with van der Waals surface area (Å²) in [5, 5.41) is 10.5. The minimum atomic E-state index is 0.302. The Hall–Kier alpha value is -1.68. The maximum absolute atomic E-state index is 4.34. The molecule has 0 radical (unpaired) electrons. The number of rotatable bonds is 6. The molecule has 0 saturated carbocycles. The van der Waals surface area contributed by atoms with Gasteiger partial charge in [0.25, 0.3) is 0 Å². The summed E-state index contributed by atoms with van der Waals surface area (Å²) in [5.74, 6) is 0. The van der Waals surface area contributed by atoms with Gasteiger partial charge in [-0.1, -0.05) is 6.07 Å². The monoisotopic (exact) mass is 244 g/mol. The lowest BCUT2D eigenvalue weighted by Crippen LogP contribution is -2.21. The fourth-order valence-electron chi connectivity index (χ4n) is 1.96. The highest BCUT2D eigenvalue weighted by atomic mass is 15.1. The van der Waals surface area contributed by atoms with E-state index in [2.05, 4.69) is 40.4 Å². The minimum Gasteiger partial charge on any atom is -0.309 e. The van der Waals surface area contributed by atoms with Gasteiger partial charge in [-0.15, -0.1) is 0 Å². The van der Waals surface area contributed by atoms with Gasteiger partial charge in [0.15, 0.2) is 0 Å². The molecule has 0 bridgehead atoms. The zero-order valence-corrected chi connectivity index (χ0v) is 11.0. The first-order valence-electron chi connectivity index (χ1n) is 6.40. The van der Waals surface area contributed by atoms with Crippen LogP contribution in [0.2, 0.25) is 0 Å². The first-order valence-corrected chi connectivity index (χ1v) is 6.40. The van der Waals surface area contributed by atoms with E-state index in [0.29, 0.717) is 6.04 Å². The van der Waals surface area contributed by atoms with Crippen molar-refractivity contribution in [2.45, 2.75) is 32.7 Å². The van der Waals surface area contributed by atoms with Gasteiger partial charge >= 0.3 is 0 Å². The molecule has 0 saturated heterocycles. The molecular formula is C14H20N4. The lowest BCUT2D eigenvalue weighted by Gasteiger charge is -2.12. The zero-order chi connectivity index (χ0) is 12.8. The van der Waals surface area contributed by atoms with Gasteiger partial charge in [0.2, 0.25) is 0 Å². The molecule has 0 aromatic carbocycles. The topological polar surface area (TPSA) is 53.6 Å². The van der Waals surface area contributed by atoms with Crippen LogP contribution in [0, 0.1) is 6.92 Å².